The van der Waals surface area contributed by atoms with Crippen LogP contribution in [0.4, 0.5) is 4.39 Å². The van der Waals surface area contributed by atoms with Crippen LogP contribution in [0.1, 0.15) is 29.7 Å². The van der Waals surface area contributed by atoms with Crippen LogP contribution in [-0.2, 0) is 5.75 Å². The Bertz CT molecular complexity index is 613. The molecule has 0 spiro atoms. The minimum atomic E-state index is -0.150. The molecule has 0 fully saturated rings. The summed E-state index contributed by atoms with van der Waals surface area (Å²) in [7, 11) is 1.88. The van der Waals surface area contributed by atoms with E-state index in [9.17, 15) is 4.39 Å². The van der Waals surface area contributed by atoms with Gasteiger partial charge in [-0.2, -0.15) is 0 Å². The van der Waals surface area contributed by atoms with Crippen LogP contribution in [0.25, 0.3) is 0 Å². The topological polar surface area (TPSA) is 12.0 Å². The Morgan fingerprint density at radius 3 is 2.52 bits per heavy atom. The quantitative estimate of drug-likeness (QED) is 0.743. The van der Waals surface area contributed by atoms with Crippen molar-refractivity contribution in [3.63, 3.8) is 0 Å². The van der Waals surface area contributed by atoms with E-state index in [0.29, 0.717) is 5.56 Å². The van der Waals surface area contributed by atoms with Crippen molar-refractivity contribution in [3.8, 4) is 0 Å². The first kappa shape index (κ1) is 16.3. The molecule has 1 unspecified atom stereocenters. The maximum absolute atomic E-state index is 13.8. The fourth-order valence-electron chi connectivity index (χ4n) is 2.03. The van der Waals surface area contributed by atoms with Crippen molar-refractivity contribution in [2.24, 2.45) is 0 Å². The zero-order valence-corrected chi connectivity index (χ0v) is 14.0. The second-order valence-corrected chi connectivity index (χ2v) is 6.52. The maximum Gasteiger partial charge on any atom is 0.126 e. The Kier molecular flexibility index (Phi) is 5.68. The molecule has 0 amide bonds. The molecular weight excluding hydrogens is 305 g/mol. The summed E-state index contributed by atoms with van der Waals surface area (Å²) in [6, 6.07) is 11.5. The SMILES string of the molecule is CNC(C)c1cc(F)c(C)cc1SCc1ccc(Cl)cc1. The lowest BCUT2D eigenvalue weighted by atomic mass is 10.1. The van der Waals surface area contributed by atoms with E-state index in [1.54, 1.807) is 24.8 Å². The number of thioether (sulfide) groups is 1. The molecule has 0 radical (unpaired) electrons. The minimum Gasteiger partial charge on any atom is -0.313 e. The number of hydrogen-bond acceptors (Lipinski definition) is 2. The van der Waals surface area contributed by atoms with Gasteiger partial charge < -0.3 is 5.32 Å². The van der Waals surface area contributed by atoms with E-state index in [4.69, 9.17) is 11.6 Å². The van der Waals surface area contributed by atoms with Crippen molar-refractivity contribution >= 4 is 23.4 Å². The smallest absolute Gasteiger partial charge is 0.126 e. The Morgan fingerprint density at radius 1 is 1.24 bits per heavy atom. The zero-order chi connectivity index (χ0) is 15.4. The van der Waals surface area contributed by atoms with Gasteiger partial charge in [0, 0.05) is 21.7 Å². The van der Waals surface area contributed by atoms with Gasteiger partial charge in [0.1, 0.15) is 5.82 Å². The van der Waals surface area contributed by atoms with Crippen LogP contribution >= 0.6 is 23.4 Å². The Hall–Kier alpha value is -1.03. The van der Waals surface area contributed by atoms with E-state index in [0.717, 1.165) is 21.2 Å². The average molecular weight is 324 g/mol. The highest BCUT2D eigenvalue weighted by Crippen LogP contribution is 2.32. The summed E-state index contributed by atoms with van der Waals surface area (Å²) >= 11 is 7.62. The molecule has 2 aromatic carbocycles. The molecule has 1 N–H and O–H groups in total. The summed E-state index contributed by atoms with van der Waals surface area (Å²) < 4.78 is 13.8. The van der Waals surface area contributed by atoms with Crippen molar-refractivity contribution in [1.82, 2.24) is 5.32 Å². The molecule has 0 saturated carbocycles. The fourth-order valence-corrected chi connectivity index (χ4v) is 3.33. The van der Waals surface area contributed by atoms with Crippen molar-refractivity contribution in [1.29, 1.82) is 0 Å². The van der Waals surface area contributed by atoms with Gasteiger partial charge in [-0.3, -0.25) is 0 Å². The fraction of sp³-hybridized carbons (Fsp3) is 0.294. The van der Waals surface area contributed by atoms with E-state index >= 15 is 0 Å². The molecule has 2 aromatic rings. The number of halogens is 2. The van der Waals surface area contributed by atoms with Gasteiger partial charge in [-0.15, -0.1) is 11.8 Å². The average Bonchev–Trinajstić information content (AvgIpc) is 2.49. The molecule has 2 rings (SSSR count). The molecule has 1 atom stereocenters. The Balaban J connectivity index is 2.21. The number of benzene rings is 2. The third-order valence-corrected chi connectivity index (χ3v) is 4.89. The van der Waals surface area contributed by atoms with Crippen molar-refractivity contribution in [2.75, 3.05) is 7.05 Å². The molecule has 0 heterocycles. The number of hydrogen-bond donors (Lipinski definition) is 1. The van der Waals surface area contributed by atoms with Crippen LogP contribution in [0, 0.1) is 12.7 Å². The minimum absolute atomic E-state index is 0.118. The van der Waals surface area contributed by atoms with Crippen LogP contribution < -0.4 is 5.32 Å². The number of rotatable bonds is 5. The van der Waals surface area contributed by atoms with E-state index in [2.05, 4.69) is 5.32 Å². The van der Waals surface area contributed by atoms with Crippen LogP contribution in [-0.4, -0.2) is 7.05 Å². The first-order valence-electron chi connectivity index (χ1n) is 6.86. The maximum atomic E-state index is 13.8. The monoisotopic (exact) mass is 323 g/mol. The van der Waals surface area contributed by atoms with Gasteiger partial charge in [0.2, 0.25) is 0 Å². The third-order valence-electron chi connectivity index (χ3n) is 3.50. The highest BCUT2D eigenvalue weighted by atomic mass is 35.5. The lowest BCUT2D eigenvalue weighted by Crippen LogP contribution is -2.13. The number of nitrogens with one attached hydrogen (secondary N) is 1. The summed E-state index contributed by atoms with van der Waals surface area (Å²) in [4.78, 5) is 1.12. The molecule has 0 aliphatic carbocycles. The first-order chi connectivity index (χ1) is 10.0. The standard InChI is InChI=1S/C17H19ClFNS/c1-11-8-17(15(9-16(11)19)12(2)20-3)21-10-13-4-6-14(18)7-5-13/h4-9,12,20H,10H2,1-3H3. The highest BCUT2D eigenvalue weighted by molar-refractivity contribution is 7.98. The second-order valence-electron chi connectivity index (χ2n) is 5.06. The van der Waals surface area contributed by atoms with E-state index in [1.807, 2.05) is 44.3 Å². The van der Waals surface area contributed by atoms with Crippen LogP contribution in [0.15, 0.2) is 41.3 Å². The van der Waals surface area contributed by atoms with Gasteiger partial charge >= 0.3 is 0 Å². The van der Waals surface area contributed by atoms with Crippen molar-refractivity contribution in [3.05, 3.63) is 63.9 Å². The molecule has 0 saturated heterocycles. The lowest BCUT2D eigenvalue weighted by Gasteiger charge is -2.17. The van der Waals surface area contributed by atoms with Crippen LogP contribution in [0.5, 0.6) is 0 Å². The normalized spacial score (nSPS) is 12.4. The summed E-state index contributed by atoms with van der Waals surface area (Å²) in [6.07, 6.45) is 0. The summed E-state index contributed by atoms with van der Waals surface area (Å²) in [6.45, 7) is 3.84. The molecule has 0 aliphatic heterocycles. The van der Waals surface area contributed by atoms with Gasteiger partial charge in [0.25, 0.3) is 0 Å². The summed E-state index contributed by atoms with van der Waals surface area (Å²) in [5.41, 5.74) is 2.88. The molecule has 0 bridgehead atoms. The highest BCUT2D eigenvalue weighted by Gasteiger charge is 2.13. The van der Waals surface area contributed by atoms with E-state index < -0.39 is 0 Å². The van der Waals surface area contributed by atoms with E-state index in [1.165, 1.54) is 5.56 Å². The molecular formula is C17H19ClFNS. The van der Waals surface area contributed by atoms with E-state index in [-0.39, 0.29) is 11.9 Å². The lowest BCUT2D eigenvalue weighted by molar-refractivity contribution is 0.594. The van der Waals surface area contributed by atoms with Gasteiger partial charge in [0.15, 0.2) is 0 Å². The molecule has 112 valence electrons. The molecule has 0 aromatic heterocycles. The van der Waals surface area contributed by atoms with Gasteiger partial charge in [0.05, 0.1) is 0 Å². The first-order valence-corrected chi connectivity index (χ1v) is 8.22. The van der Waals surface area contributed by atoms with Crippen LogP contribution in [0.3, 0.4) is 0 Å². The summed E-state index contributed by atoms with van der Waals surface area (Å²) in [5, 5.41) is 3.92. The summed E-state index contributed by atoms with van der Waals surface area (Å²) in [5.74, 6) is 0.689. The Labute approximate surface area is 134 Å². The van der Waals surface area contributed by atoms with Gasteiger partial charge in [-0.1, -0.05) is 23.7 Å². The third kappa shape index (κ3) is 4.22. The predicted octanol–water partition coefficient (Wildman–Crippen LogP) is 5.36. The molecule has 0 aliphatic rings. The molecule has 4 heteroatoms. The second kappa shape index (κ2) is 7.30. The van der Waals surface area contributed by atoms with Gasteiger partial charge in [-0.05, 0) is 61.9 Å². The predicted molar refractivity (Wildman–Crippen MR) is 89.6 cm³/mol. The van der Waals surface area contributed by atoms with Crippen molar-refractivity contribution in [2.45, 2.75) is 30.5 Å². The largest absolute Gasteiger partial charge is 0.313 e. The zero-order valence-electron chi connectivity index (χ0n) is 12.4. The molecule has 1 nitrogen and oxygen atoms in total. The number of aryl methyl sites for hydroxylation is 1. The van der Waals surface area contributed by atoms with Gasteiger partial charge in [-0.25, -0.2) is 4.39 Å². The van der Waals surface area contributed by atoms with Crippen LogP contribution in [0.2, 0.25) is 5.02 Å². The van der Waals surface area contributed by atoms with Crippen molar-refractivity contribution < 1.29 is 4.39 Å². The Morgan fingerprint density at radius 2 is 1.90 bits per heavy atom. The molecule has 21 heavy (non-hydrogen) atoms.